The van der Waals surface area contributed by atoms with E-state index < -0.39 is 0 Å². The number of carbonyl (C=O) groups excluding carboxylic acids is 1. The Balaban J connectivity index is 1.95. The van der Waals surface area contributed by atoms with Crippen LogP contribution in [0.4, 0.5) is 0 Å². The van der Waals surface area contributed by atoms with Crippen molar-refractivity contribution in [2.45, 2.75) is 38.2 Å². The fourth-order valence-electron chi connectivity index (χ4n) is 2.62. The number of hydrogen-bond acceptors (Lipinski definition) is 2. The normalized spacial score (nSPS) is 20.4. The molecule has 2 nitrogen and oxygen atoms in total. The molecule has 0 spiro atoms. The first-order valence-electron chi connectivity index (χ1n) is 7.52. The average Bonchev–Trinajstić information content (AvgIpc) is 2.86. The van der Waals surface area contributed by atoms with E-state index in [1.54, 1.807) is 11.8 Å². The van der Waals surface area contributed by atoms with Crippen LogP contribution in [-0.2, 0) is 10.5 Å². The molecule has 1 fully saturated rings. The van der Waals surface area contributed by atoms with Gasteiger partial charge < -0.3 is 4.90 Å². The molecule has 0 saturated carbocycles. The minimum Gasteiger partial charge on any atom is -0.341 e. The van der Waals surface area contributed by atoms with Crippen molar-refractivity contribution in [3.05, 3.63) is 35.9 Å². The van der Waals surface area contributed by atoms with Crippen LogP contribution < -0.4 is 0 Å². The molecule has 0 aliphatic carbocycles. The lowest BCUT2D eigenvalue weighted by atomic mass is 10.1. The Morgan fingerprint density at radius 3 is 2.60 bits per heavy atom. The van der Waals surface area contributed by atoms with Crippen molar-refractivity contribution in [1.82, 2.24) is 4.90 Å². The molecule has 0 N–H and O–H groups in total. The molecule has 0 aromatic heterocycles. The highest BCUT2D eigenvalue weighted by molar-refractivity contribution is 7.99. The number of amides is 1. The molecule has 0 bridgehead atoms. The first-order valence-corrected chi connectivity index (χ1v) is 8.57. The molecule has 1 aliphatic heterocycles. The van der Waals surface area contributed by atoms with Gasteiger partial charge >= 0.3 is 0 Å². The van der Waals surface area contributed by atoms with E-state index in [1.807, 2.05) is 6.07 Å². The zero-order valence-electron chi connectivity index (χ0n) is 12.7. The van der Waals surface area contributed by atoms with Crippen LogP contribution in [0.15, 0.2) is 30.3 Å². The summed E-state index contributed by atoms with van der Waals surface area (Å²) in [5.41, 5.74) is 1.30. The maximum atomic E-state index is 12.7. The maximum absolute atomic E-state index is 12.7. The number of rotatable bonds is 5. The Labute approximate surface area is 126 Å². The van der Waals surface area contributed by atoms with Crippen LogP contribution in [0.25, 0.3) is 0 Å². The van der Waals surface area contributed by atoms with Gasteiger partial charge in [-0.15, -0.1) is 11.8 Å². The third-order valence-corrected chi connectivity index (χ3v) is 5.46. The van der Waals surface area contributed by atoms with E-state index in [-0.39, 0.29) is 5.25 Å². The molecule has 3 heteroatoms. The third kappa shape index (κ3) is 4.02. The van der Waals surface area contributed by atoms with Gasteiger partial charge in [0.05, 0.1) is 5.25 Å². The molecule has 1 amide bonds. The fourth-order valence-corrected chi connectivity index (χ4v) is 3.87. The van der Waals surface area contributed by atoms with E-state index in [4.69, 9.17) is 0 Å². The molecular formula is C17H25NOS. The molecule has 1 saturated heterocycles. The summed E-state index contributed by atoms with van der Waals surface area (Å²) in [6, 6.07) is 10.4. The highest BCUT2D eigenvalue weighted by Crippen LogP contribution is 2.27. The molecular weight excluding hydrogens is 266 g/mol. The summed E-state index contributed by atoms with van der Waals surface area (Å²) in [6.07, 6.45) is 1.15. The minimum absolute atomic E-state index is 0.0838. The van der Waals surface area contributed by atoms with Crippen LogP contribution in [-0.4, -0.2) is 29.1 Å². The van der Waals surface area contributed by atoms with Gasteiger partial charge in [0.1, 0.15) is 0 Å². The largest absolute Gasteiger partial charge is 0.341 e. The fraction of sp³-hybridized carbons (Fsp3) is 0.588. The molecule has 110 valence electrons. The predicted molar refractivity (Wildman–Crippen MR) is 86.7 cm³/mol. The molecule has 1 heterocycles. The van der Waals surface area contributed by atoms with Crippen LogP contribution in [0.1, 0.15) is 32.8 Å². The average molecular weight is 291 g/mol. The van der Waals surface area contributed by atoms with Gasteiger partial charge in [-0.1, -0.05) is 51.1 Å². The van der Waals surface area contributed by atoms with Gasteiger partial charge in [-0.05, 0) is 23.8 Å². The zero-order valence-corrected chi connectivity index (χ0v) is 13.5. The van der Waals surface area contributed by atoms with Gasteiger partial charge in [0.2, 0.25) is 5.91 Å². The minimum atomic E-state index is 0.0838. The van der Waals surface area contributed by atoms with Gasteiger partial charge in [0.25, 0.3) is 0 Å². The lowest BCUT2D eigenvalue weighted by Crippen LogP contribution is -2.38. The molecule has 1 aromatic carbocycles. The first-order chi connectivity index (χ1) is 9.58. The summed E-state index contributed by atoms with van der Waals surface area (Å²) in [7, 11) is 0. The third-order valence-electron chi connectivity index (χ3n) is 3.86. The smallest absolute Gasteiger partial charge is 0.235 e. The van der Waals surface area contributed by atoms with E-state index in [9.17, 15) is 4.79 Å². The van der Waals surface area contributed by atoms with Crippen molar-refractivity contribution in [3.63, 3.8) is 0 Å². The van der Waals surface area contributed by atoms with Crippen molar-refractivity contribution in [2.75, 3.05) is 13.1 Å². The van der Waals surface area contributed by atoms with E-state index in [2.05, 4.69) is 49.9 Å². The molecule has 2 unspecified atom stereocenters. The summed E-state index contributed by atoms with van der Waals surface area (Å²) in [5.74, 6) is 2.29. The Hall–Kier alpha value is -0.960. The van der Waals surface area contributed by atoms with Crippen LogP contribution in [0.2, 0.25) is 0 Å². The summed E-state index contributed by atoms with van der Waals surface area (Å²) in [6.45, 7) is 8.41. The van der Waals surface area contributed by atoms with Crippen molar-refractivity contribution in [3.8, 4) is 0 Å². The summed E-state index contributed by atoms with van der Waals surface area (Å²) in [4.78, 5) is 14.7. The molecule has 1 aliphatic rings. The lowest BCUT2D eigenvalue weighted by molar-refractivity contribution is -0.130. The first kappa shape index (κ1) is 15.4. The van der Waals surface area contributed by atoms with Gasteiger partial charge in [0.15, 0.2) is 0 Å². The standard InChI is InChI=1S/C17H25NOS/c1-13(2)16(17(19)18-10-9-14(3)11-18)20-12-15-7-5-4-6-8-15/h4-8,13-14,16H,9-12H2,1-3H3. The molecule has 1 aromatic rings. The van der Waals surface area contributed by atoms with Crippen molar-refractivity contribution in [2.24, 2.45) is 11.8 Å². The van der Waals surface area contributed by atoms with Crippen molar-refractivity contribution < 1.29 is 4.79 Å². The summed E-state index contributed by atoms with van der Waals surface area (Å²) in [5, 5.41) is 0.0838. The summed E-state index contributed by atoms with van der Waals surface area (Å²) >= 11 is 1.79. The second-order valence-corrected chi connectivity index (χ2v) is 7.27. The number of benzene rings is 1. The second-order valence-electron chi connectivity index (χ2n) is 6.14. The van der Waals surface area contributed by atoms with E-state index in [0.717, 1.165) is 25.3 Å². The molecule has 2 rings (SSSR count). The Morgan fingerprint density at radius 1 is 1.35 bits per heavy atom. The number of nitrogens with zero attached hydrogens (tertiary/aromatic N) is 1. The van der Waals surface area contributed by atoms with Crippen LogP contribution >= 0.6 is 11.8 Å². The Bertz CT molecular complexity index is 432. The summed E-state index contributed by atoms with van der Waals surface area (Å²) < 4.78 is 0. The van der Waals surface area contributed by atoms with E-state index in [1.165, 1.54) is 5.56 Å². The monoisotopic (exact) mass is 291 g/mol. The van der Waals surface area contributed by atoms with E-state index in [0.29, 0.717) is 17.7 Å². The number of likely N-dealkylation sites (tertiary alicyclic amines) is 1. The van der Waals surface area contributed by atoms with Gasteiger partial charge in [-0.2, -0.15) is 0 Å². The zero-order chi connectivity index (χ0) is 14.5. The van der Waals surface area contributed by atoms with Crippen molar-refractivity contribution >= 4 is 17.7 Å². The predicted octanol–water partition coefficient (Wildman–Crippen LogP) is 3.81. The maximum Gasteiger partial charge on any atom is 0.235 e. The molecule has 0 radical (unpaired) electrons. The van der Waals surface area contributed by atoms with Crippen molar-refractivity contribution in [1.29, 1.82) is 0 Å². The highest BCUT2D eigenvalue weighted by atomic mass is 32.2. The van der Waals surface area contributed by atoms with Crippen LogP contribution in [0.3, 0.4) is 0 Å². The van der Waals surface area contributed by atoms with Gasteiger partial charge in [-0.25, -0.2) is 0 Å². The topological polar surface area (TPSA) is 20.3 Å². The lowest BCUT2D eigenvalue weighted by Gasteiger charge is -2.25. The number of carbonyl (C=O) groups is 1. The SMILES string of the molecule is CC1CCN(C(=O)C(SCc2ccccc2)C(C)C)C1. The van der Waals surface area contributed by atoms with E-state index >= 15 is 0 Å². The van der Waals surface area contributed by atoms with Crippen LogP contribution in [0.5, 0.6) is 0 Å². The van der Waals surface area contributed by atoms with Gasteiger partial charge in [-0.3, -0.25) is 4.79 Å². The Morgan fingerprint density at radius 2 is 2.05 bits per heavy atom. The van der Waals surface area contributed by atoms with Gasteiger partial charge in [0, 0.05) is 18.8 Å². The number of thioether (sulfide) groups is 1. The quantitative estimate of drug-likeness (QED) is 0.822. The molecule has 20 heavy (non-hydrogen) atoms. The Kier molecular flexibility index (Phi) is 5.53. The second kappa shape index (κ2) is 7.16. The highest BCUT2D eigenvalue weighted by Gasteiger charge is 2.31. The molecule has 2 atom stereocenters. The number of hydrogen-bond donors (Lipinski definition) is 0. The van der Waals surface area contributed by atoms with Crippen LogP contribution in [0, 0.1) is 11.8 Å².